The molecule has 0 fully saturated rings. The van der Waals surface area contributed by atoms with Crippen molar-refractivity contribution in [3.05, 3.63) is 188 Å². The van der Waals surface area contributed by atoms with Crippen molar-refractivity contribution >= 4 is 60.4 Å². The Balaban J connectivity index is 0.00000183. The second-order valence-corrected chi connectivity index (χ2v) is 14.1. The van der Waals surface area contributed by atoms with E-state index >= 15 is 0 Å². The number of hydrogen-bond donors (Lipinski definition) is 0. The van der Waals surface area contributed by atoms with Gasteiger partial charge in [-0.2, -0.15) is 0 Å². The van der Waals surface area contributed by atoms with Crippen molar-refractivity contribution < 1.29 is 0 Å². The Kier molecular flexibility index (Phi) is 7.81. The number of para-hydroxylation sites is 2. The summed E-state index contributed by atoms with van der Waals surface area (Å²) in [6.45, 7) is 6.22. The third kappa shape index (κ3) is 5.23. The average molecular weight is 706 g/mol. The fraction of sp³-hybridized carbons (Fsp3) is 0.0577. The summed E-state index contributed by atoms with van der Waals surface area (Å²) < 4.78 is 2.34. The van der Waals surface area contributed by atoms with E-state index in [1.807, 2.05) is 13.8 Å². The molecule has 3 heteroatoms. The van der Waals surface area contributed by atoms with Crippen LogP contribution in [0, 0.1) is 6.92 Å². The Morgan fingerprint density at radius 2 is 1.13 bits per heavy atom. The Labute approximate surface area is 321 Å². The van der Waals surface area contributed by atoms with E-state index in [9.17, 15) is 0 Å². The van der Waals surface area contributed by atoms with Crippen LogP contribution in [0.3, 0.4) is 0 Å². The van der Waals surface area contributed by atoms with E-state index in [1.165, 1.54) is 65.7 Å². The molecule has 0 atom stereocenters. The molecule has 2 aromatic heterocycles. The van der Waals surface area contributed by atoms with Crippen LogP contribution in [0.4, 0.5) is 17.1 Å². The van der Waals surface area contributed by atoms with Crippen LogP contribution in [0.1, 0.15) is 19.4 Å². The Morgan fingerprint density at radius 1 is 0.455 bits per heavy atom. The molecule has 3 nitrogen and oxygen atoms in total. The van der Waals surface area contributed by atoms with E-state index in [4.69, 9.17) is 4.98 Å². The lowest BCUT2D eigenvalue weighted by Gasteiger charge is -2.27. The zero-order valence-electron chi connectivity index (χ0n) is 31.2. The van der Waals surface area contributed by atoms with Gasteiger partial charge in [0.15, 0.2) is 0 Å². The zero-order chi connectivity index (χ0) is 37.0. The molecule has 0 N–H and O–H groups in total. The molecule has 0 aliphatic heterocycles. The van der Waals surface area contributed by atoms with Crippen LogP contribution in [-0.4, -0.2) is 9.55 Å². The molecule has 2 heterocycles. The van der Waals surface area contributed by atoms with Crippen LogP contribution >= 0.6 is 0 Å². The lowest BCUT2D eigenvalue weighted by atomic mass is 9.99. The van der Waals surface area contributed by atoms with Crippen molar-refractivity contribution in [1.82, 2.24) is 9.55 Å². The Morgan fingerprint density at radius 3 is 1.98 bits per heavy atom. The first-order chi connectivity index (χ1) is 27.2. The van der Waals surface area contributed by atoms with Crippen LogP contribution in [0.5, 0.6) is 0 Å². The lowest BCUT2D eigenvalue weighted by Crippen LogP contribution is -2.11. The van der Waals surface area contributed by atoms with E-state index in [-0.39, 0.29) is 0 Å². The summed E-state index contributed by atoms with van der Waals surface area (Å²) in [5, 5.41) is 7.36. The molecule has 11 rings (SSSR count). The van der Waals surface area contributed by atoms with Gasteiger partial charge in [-0.25, -0.2) is 4.98 Å². The number of aryl methyl sites for hydroxylation is 1. The van der Waals surface area contributed by atoms with E-state index in [1.54, 1.807) is 0 Å². The second kappa shape index (κ2) is 13.2. The summed E-state index contributed by atoms with van der Waals surface area (Å²) in [6.07, 6.45) is 0. The van der Waals surface area contributed by atoms with Gasteiger partial charge in [0, 0.05) is 38.8 Å². The van der Waals surface area contributed by atoms with Gasteiger partial charge in [0.1, 0.15) is 5.82 Å². The monoisotopic (exact) mass is 705 g/mol. The maximum atomic E-state index is 5.40. The van der Waals surface area contributed by atoms with E-state index < -0.39 is 0 Å². The summed E-state index contributed by atoms with van der Waals surface area (Å²) >= 11 is 0. The molecule has 0 unspecified atom stereocenters. The highest BCUT2D eigenvalue weighted by Crippen LogP contribution is 2.47. The van der Waals surface area contributed by atoms with E-state index in [0.717, 1.165) is 39.6 Å². The molecule has 10 aromatic rings. The van der Waals surface area contributed by atoms with Gasteiger partial charge < -0.3 is 4.90 Å². The summed E-state index contributed by atoms with van der Waals surface area (Å²) in [7, 11) is 0. The Hall–Kier alpha value is -6.97. The average Bonchev–Trinajstić information content (AvgIpc) is 3.76. The topological polar surface area (TPSA) is 21.1 Å². The smallest absolute Gasteiger partial charge is 0.138 e. The molecule has 0 radical (unpaired) electrons. The highest BCUT2D eigenvalue weighted by molar-refractivity contribution is 6.15. The number of benzene rings is 8. The molecule has 0 saturated heterocycles. The molecule has 1 aliphatic rings. The van der Waals surface area contributed by atoms with Gasteiger partial charge in [-0.3, -0.25) is 4.57 Å². The summed E-state index contributed by atoms with van der Waals surface area (Å²) in [6, 6.07) is 65.9. The van der Waals surface area contributed by atoms with Gasteiger partial charge in [-0.15, -0.1) is 0 Å². The maximum absolute atomic E-state index is 5.40. The largest absolute Gasteiger partial charge is 0.310 e. The van der Waals surface area contributed by atoms with Crippen molar-refractivity contribution in [2.45, 2.75) is 20.8 Å². The molecular formula is C52H39N3. The molecule has 8 aromatic carbocycles. The van der Waals surface area contributed by atoms with Gasteiger partial charge in [-0.1, -0.05) is 135 Å². The minimum absolute atomic E-state index is 0.940. The zero-order valence-corrected chi connectivity index (χ0v) is 31.2. The minimum atomic E-state index is 0.940. The van der Waals surface area contributed by atoms with Crippen molar-refractivity contribution in [2.24, 2.45) is 0 Å². The van der Waals surface area contributed by atoms with Crippen LogP contribution in [-0.2, 0) is 0 Å². The van der Waals surface area contributed by atoms with Gasteiger partial charge in [-0.05, 0) is 112 Å². The number of pyridine rings is 1. The SMILES string of the molecule is CC.Cc1cc(-c2ccc3c(c2)c2ccccc2n3-c2cc3cccc4c3c(n2)-c2ccccc2-4)ccc1N(c1ccccc1)c1ccc2ccccc2c1. The molecule has 1 aliphatic carbocycles. The van der Waals surface area contributed by atoms with Crippen molar-refractivity contribution in [2.75, 3.05) is 4.90 Å². The fourth-order valence-electron chi connectivity index (χ4n) is 8.56. The summed E-state index contributed by atoms with van der Waals surface area (Å²) in [5.41, 5.74) is 14.1. The first-order valence-electron chi connectivity index (χ1n) is 19.2. The molecule has 0 amide bonds. The van der Waals surface area contributed by atoms with Crippen LogP contribution < -0.4 is 4.90 Å². The highest BCUT2D eigenvalue weighted by atomic mass is 15.1. The van der Waals surface area contributed by atoms with Gasteiger partial charge in [0.2, 0.25) is 0 Å². The Bertz CT molecular complexity index is 3080. The highest BCUT2D eigenvalue weighted by Gasteiger charge is 2.24. The van der Waals surface area contributed by atoms with Crippen LogP contribution in [0.2, 0.25) is 0 Å². The molecular weight excluding hydrogens is 667 g/mol. The van der Waals surface area contributed by atoms with Crippen molar-refractivity contribution in [1.29, 1.82) is 0 Å². The molecule has 0 bridgehead atoms. The summed E-state index contributed by atoms with van der Waals surface area (Å²) in [4.78, 5) is 7.77. The quantitative estimate of drug-likeness (QED) is 0.178. The number of fused-ring (bicyclic) bond motifs is 7. The first-order valence-corrected chi connectivity index (χ1v) is 19.2. The minimum Gasteiger partial charge on any atom is -0.310 e. The van der Waals surface area contributed by atoms with Crippen molar-refractivity contribution in [3.63, 3.8) is 0 Å². The second-order valence-electron chi connectivity index (χ2n) is 14.1. The third-order valence-electron chi connectivity index (χ3n) is 11.0. The number of rotatable bonds is 5. The van der Waals surface area contributed by atoms with Gasteiger partial charge in [0.05, 0.1) is 16.7 Å². The number of hydrogen-bond acceptors (Lipinski definition) is 2. The molecule has 55 heavy (non-hydrogen) atoms. The normalized spacial score (nSPS) is 11.5. The molecule has 0 saturated carbocycles. The van der Waals surface area contributed by atoms with Crippen LogP contribution in [0.25, 0.3) is 82.7 Å². The number of anilines is 3. The molecule has 0 spiro atoms. The van der Waals surface area contributed by atoms with E-state index in [0.29, 0.717) is 0 Å². The standard InChI is InChI=1S/C50H33N3.C2H6/c1-32-28-35(23-26-45(32)52(38-15-3-2-4-16-38)39-25-22-33-12-5-6-13-34(33)29-39)36-24-27-47-44(30-36)41-18-9-10-21-46(41)53(47)48-31-37-14-11-20-42-40-17-7-8-19-43(40)50(51-48)49(37)42;1-2/h2-31H,1H3;1-2H3. The lowest BCUT2D eigenvalue weighted by molar-refractivity contribution is 1.09. The summed E-state index contributed by atoms with van der Waals surface area (Å²) in [5.74, 6) is 0.940. The van der Waals surface area contributed by atoms with Crippen molar-refractivity contribution in [3.8, 4) is 39.3 Å². The van der Waals surface area contributed by atoms with Gasteiger partial charge >= 0.3 is 0 Å². The third-order valence-corrected chi connectivity index (χ3v) is 11.0. The van der Waals surface area contributed by atoms with Crippen LogP contribution in [0.15, 0.2) is 182 Å². The number of nitrogens with zero attached hydrogens (tertiary/aromatic N) is 3. The fourth-order valence-corrected chi connectivity index (χ4v) is 8.56. The predicted octanol–water partition coefficient (Wildman–Crippen LogP) is 14.6. The molecule has 262 valence electrons. The predicted molar refractivity (Wildman–Crippen MR) is 234 cm³/mol. The first kappa shape index (κ1) is 32.7. The van der Waals surface area contributed by atoms with E-state index in [2.05, 4.69) is 198 Å². The van der Waals surface area contributed by atoms with Gasteiger partial charge in [0.25, 0.3) is 0 Å². The maximum Gasteiger partial charge on any atom is 0.138 e. The number of aromatic nitrogens is 2.